The van der Waals surface area contributed by atoms with Crippen molar-refractivity contribution in [1.29, 1.82) is 0 Å². The molecule has 0 bridgehead atoms. The average Bonchev–Trinajstić information content (AvgIpc) is 2.69. The Balaban J connectivity index is 2.04. The molecule has 0 radical (unpaired) electrons. The van der Waals surface area contributed by atoms with Crippen LogP contribution in [0.5, 0.6) is 0 Å². The molecule has 0 atom stereocenters. The topological polar surface area (TPSA) is 39.9 Å². The van der Waals surface area contributed by atoms with Gasteiger partial charge < -0.3 is 9.30 Å². The molecule has 0 saturated heterocycles. The van der Waals surface area contributed by atoms with Crippen LogP contribution in [0.3, 0.4) is 0 Å². The quantitative estimate of drug-likeness (QED) is 0.781. The van der Waals surface area contributed by atoms with Gasteiger partial charge in [0.2, 0.25) is 0 Å². The Morgan fingerprint density at radius 1 is 1.26 bits per heavy atom. The molecule has 5 heteroatoms. The lowest BCUT2D eigenvalue weighted by molar-refractivity contribution is -0.0249. The first kappa shape index (κ1) is 14.8. The summed E-state index contributed by atoms with van der Waals surface area (Å²) in [4.78, 5) is 0. The zero-order valence-corrected chi connectivity index (χ0v) is 13.1. The lowest BCUT2D eigenvalue weighted by Crippen LogP contribution is -2.34. The zero-order chi connectivity index (χ0) is 14.0. The van der Waals surface area contributed by atoms with Gasteiger partial charge in [0.1, 0.15) is 11.6 Å². The van der Waals surface area contributed by atoms with Crippen molar-refractivity contribution < 1.29 is 4.74 Å². The van der Waals surface area contributed by atoms with Gasteiger partial charge in [-0.1, -0.05) is 0 Å². The lowest BCUT2D eigenvalue weighted by Gasteiger charge is -2.35. The number of rotatable bonds is 5. The van der Waals surface area contributed by atoms with Crippen molar-refractivity contribution >= 4 is 11.6 Å². The van der Waals surface area contributed by atoms with E-state index < -0.39 is 0 Å². The van der Waals surface area contributed by atoms with Gasteiger partial charge >= 0.3 is 0 Å². The molecule has 1 saturated carbocycles. The van der Waals surface area contributed by atoms with Gasteiger partial charge in [-0.15, -0.1) is 21.8 Å². The summed E-state index contributed by atoms with van der Waals surface area (Å²) in [5.74, 6) is 3.01. The van der Waals surface area contributed by atoms with Crippen LogP contribution < -0.4 is 0 Å². The molecule has 0 aliphatic heterocycles. The first-order chi connectivity index (χ1) is 8.95. The molecular formula is C14H24ClN3O. The highest BCUT2D eigenvalue weighted by atomic mass is 35.5. The van der Waals surface area contributed by atoms with Gasteiger partial charge in [-0.2, -0.15) is 0 Å². The summed E-state index contributed by atoms with van der Waals surface area (Å²) in [6, 6.07) is 0. The molecule has 1 fully saturated rings. The van der Waals surface area contributed by atoms with Crippen molar-refractivity contribution in [2.24, 2.45) is 5.92 Å². The van der Waals surface area contributed by atoms with Gasteiger partial charge in [-0.25, -0.2) is 0 Å². The molecule has 0 N–H and O–H groups in total. The van der Waals surface area contributed by atoms with E-state index in [0.29, 0.717) is 17.9 Å². The second-order valence-corrected chi connectivity index (χ2v) is 6.56. The Labute approximate surface area is 120 Å². The van der Waals surface area contributed by atoms with Crippen LogP contribution in [-0.2, 0) is 22.6 Å². The van der Waals surface area contributed by atoms with Gasteiger partial charge in [0.05, 0.1) is 12.0 Å². The third kappa shape index (κ3) is 3.29. The van der Waals surface area contributed by atoms with Crippen molar-refractivity contribution in [3.63, 3.8) is 0 Å². The Morgan fingerprint density at radius 2 is 1.89 bits per heavy atom. The highest BCUT2D eigenvalue weighted by Gasteiger charge is 2.32. The fourth-order valence-electron chi connectivity index (χ4n) is 2.82. The van der Waals surface area contributed by atoms with Crippen LogP contribution >= 0.6 is 11.6 Å². The smallest absolute Gasteiger partial charge is 0.148 e. The van der Waals surface area contributed by atoms with E-state index in [1.807, 2.05) is 0 Å². The SMILES string of the molecule is CCOC1CC(Cc2nnc(CCl)n2C(C)(C)C)C1. The van der Waals surface area contributed by atoms with E-state index in [1.54, 1.807) is 0 Å². The first-order valence-corrected chi connectivity index (χ1v) is 7.60. The molecule has 1 aliphatic rings. The van der Waals surface area contributed by atoms with Crippen molar-refractivity contribution in [3.05, 3.63) is 11.6 Å². The van der Waals surface area contributed by atoms with Gasteiger partial charge in [0, 0.05) is 18.6 Å². The van der Waals surface area contributed by atoms with Crippen LogP contribution in [0.4, 0.5) is 0 Å². The molecule has 19 heavy (non-hydrogen) atoms. The predicted octanol–water partition coefficient (Wildman–Crippen LogP) is 3.13. The minimum absolute atomic E-state index is 0.0217. The number of hydrogen-bond acceptors (Lipinski definition) is 3. The number of halogens is 1. The van der Waals surface area contributed by atoms with Gasteiger partial charge in [-0.3, -0.25) is 0 Å². The summed E-state index contributed by atoms with van der Waals surface area (Å²) in [5, 5.41) is 8.55. The number of aromatic nitrogens is 3. The summed E-state index contributed by atoms with van der Waals surface area (Å²) < 4.78 is 7.79. The number of ether oxygens (including phenoxy) is 1. The standard InChI is InChI=1S/C14H24ClN3O/c1-5-19-11-6-10(7-11)8-12-16-17-13(9-15)18(12)14(2,3)4/h10-11H,5-9H2,1-4H3. The molecule has 1 heterocycles. The Bertz CT molecular complexity index is 419. The van der Waals surface area contributed by atoms with Crippen LogP contribution in [0.1, 0.15) is 52.2 Å². The van der Waals surface area contributed by atoms with Crippen LogP contribution in [-0.4, -0.2) is 27.5 Å². The molecule has 0 spiro atoms. The zero-order valence-electron chi connectivity index (χ0n) is 12.3. The monoisotopic (exact) mass is 285 g/mol. The minimum Gasteiger partial charge on any atom is -0.378 e. The maximum Gasteiger partial charge on any atom is 0.148 e. The number of alkyl halides is 1. The van der Waals surface area contributed by atoms with Crippen molar-refractivity contribution in [2.45, 2.75) is 64.5 Å². The minimum atomic E-state index is -0.0217. The summed E-state index contributed by atoms with van der Waals surface area (Å²) in [5.41, 5.74) is -0.0217. The second-order valence-electron chi connectivity index (χ2n) is 6.29. The van der Waals surface area contributed by atoms with Crippen LogP contribution in [0, 0.1) is 5.92 Å². The normalized spacial score (nSPS) is 23.4. The summed E-state index contributed by atoms with van der Waals surface area (Å²) in [6.45, 7) is 9.36. The lowest BCUT2D eigenvalue weighted by atomic mass is 9.79. The number of nitrogens with zero attached hydrogens (tertiary/aromatic N) is 3. The van der Waals surface area contributed by atoms with Gasteiger partial charge in [0.25, 0.3) is 0 Å². The maximum absolute atomic E-state index is 5.96. The van der Waals surface area contributed by atoms with Crippen LogP contribution in [0.15, 0.2) is 0 Å². The molecule has 4 nitrogen and oxygen atoms in total. The van der Waals surface area contributed by atoms with E-state index in [2.05, 4.69) is 42.5 Å². The van der Waals surface area contributed by atoms with Crippen molar-refractivity contribution in [3.8, 4) is 0 Å². The van der Waals surface area contributed by atoms with Gasteiger partial charge in [0.15, 0.2) is 0 Å². The molecular weight excluding hydrogens is 262 g/mol. The highest BCUT2D eigenvalue weighted by molar-refractivity contribution is 6.16. The third-order valence-corrected chi connectivity index (χ3v) is 3.89. The molecule has 0 amide bonds. The summed E-state index contributed by atoms with van der Waals surface area (Å²) >= 11 is 5.96. The number of hydrogen-bond donors (Lipinski definition) is 0. The Morgan fingerprint density at radius 3 is 2.42 bits per heavy atom. The molecule has 1 aliphatic carbocycles. The van der Waals surface area contributed by atoms with E-state index >= 15 is 0 Å². The fraction of sp³-hybridized carbons (Fsp3) is 0.857. The van der Waals surface area contributed by atoms with Crippen LogP contribution in [0.2, 0.25) is 0 Å². The molecule has 1 aromatic heterocycles. The largest absolute Gasteiger partial charge is 0.378 e. The molecule has 2 rings (SSSR count). The molecule has 0 unspecified atom stereocenters. The van der Waals surface area contributed by atoms with E-state index in [4.69, 9.17) is 16.3 Å². The summed E-state index contributed by atoms with van der Waals surface area (Å²) in [7, 11) is 0. The van der Waals surface area contributed by atoms with E-state index in [0.717, 1.165) is 37.5 Å². The Kier molecular flexibility index (Phi) is 4.51. The van der Waals surface area contributed by atoms with E-state index in [9.17, 15) is 0 Å². The van der Waals surface area contributed by atoms with Crippen molar-refractivity contribution in [1.82, 2.24) is 14.8 Å². The van der Waals surface area contributed by atoms with E-state index in [1.165, 1.54) is 0 Å². The first-order valence-electron chi connectivity index (χ1n) is 7.07. The third-order valence-electron chi connectivity index (χ3n) is 3.65. The fourth-order valence-corrected chi connectivity index (χ4v) is 2.99. The van der Waals surface area contributed by atoms with Crippen molar-refractivity contribution in [2.75, 3.05) is 6.61 Å². The van der Waals surface area contributed by atoms with E-state index in [-0.39, 0.29) is 5.54 Å². The van der Waals surface area contributed by atoms with Crippen LogP contribution in [0.25, 0.3) is 0 Å². The Hall–Kier alpha value is -0.610. The maximum atomic E-state index is 5.96. The highest BCUT2D eigenvalue weighted by Crippen LogP contribution is 2.33. The predicted molar refractivity (Wildman–Crippen MR) is 76.4 cm³/mol. The second kappa shape index (κ2) is 5.80. The molecule has 108 valence electrons. The molecule has 0 aromatic carbocycles. The molecule has 1 aromatic rings. The average molecular weight is 286 g/mol. The summed E-state index contributed by atoms with van der Waals surface area (Å²) in [6.07, 6.45) is 3.71. The van der Waals surface area contributed by atoms with Gasteiger partial charge in [-0.05, 0) is 46.5 Å².